The standard InChI is InChI=1S/C35H30N4O6S/c40-31(19-38-27-14-8-7-13-25(27)33(41)35(38)43)39(18-30-37-26(20-46-30)22-9-3-1-4-10-22)32(23-11-5-2-6-12-23)34(42)36-24-15-16-28-29(17-24)45-21-44-28/h1-5,7-10,13-17,20,23,32H,6,11-12,18-19,21H2,(H,36,42). The van der Waals surface area contributed by atoms with Crippen molar-refractivity contribution in [2.75, 3.05) is 23.6 Å². The molecule has 0 radical (unpaired) electrons. The number of carbonyl (C=O) groups is 4. The van der Waals surface area contributed by atoms with Crippen molar-refractivity contribution in [1.82, 2.24) is 9.88 Å². The zero-order valence-electron chi connectivity index (χ0n) is 24.8. The minimum Gasteiger partial charge on any atom is -0.454 e. The lowest BCUT2D eigenvalue weighted by atomic mass is 9.86. The Morgan fingerprint density at radius 2 is 1.80 bits per heavy atom. The molecule has 1 N–H and O–H groups in total. The Bertz CT molecular complexity index is 1850. The van der Waals surface area contributed by atoms with E-state index in [-0.39, 0.29) is 30.7 Å². The van der Waals surface area contributed by atoms with Crippen molar-refractivity contribution in [3.63, 3.8) is 0 Å². The average molecular weight is 635 g/mol. The van der Waals surface area contributed by atoms with E-state index in [1.165, 1.54) is 21.1 Å². The van der Waals surface area contributed by atoms with Gasteiger partial charge in [0.05, 0.1) is 23.5 Å². The molecule has 10 nitrogen and oxygen atoms in total. The molecule has 3 aliphatic rings. The fraction of sp³-hybridized carbons (Fsp3) is 0.229. The Morgan fingerprint density at radius 1 is 1.00 bits per heavy atom. The van der Waals surface area contributed by atoms with Crippen molar-refractivity contribution in [2.45, 2.75) is 31.8 Å². The largest absolute Gasteiger partial charge is 0.454 e. The molecule has 0 bridgehead atoms. The van der Waals surface area contributed by atoms with Gasteiger partial charge in [0.1, 0.15) is 17.6 Å². The molecule has 2 unspecified atom stereocenters. The van der Waals surface area contributed by atoms with E-state index in [1.54, 1.807) is 42.5 Å². The number of ether oxygens (including phenoxy) is 2. The topological polar surface area (TPSA) is 118 Å². The van der Waals surface area contributed by atoms with Gasteiger partial charge in [-0.25, -0.2) is 4.98 Å². The number of hydrogen-bond acceptors (Lipinski definition) is 8. The fourth-order valence-electron chi connectivity index (χ4n) is 6.15. The lowest BCUT2D eigenvalue weighted by Crippen LogP contribution is -2.54. The molecule has 2 aliphatic heterocycles. The van der Waals surface area contributed by atoms with E-state index in [2.05, 4.69) is 11.4 Å². The van der Waals surface area contributed by atoms with Crippen LogP contribution in [0.4, 0.5) is 11.4 Å². The number of fused-ring (bicyclic) bond motifs is 2. The number of benzene rings is 3. The van der Waals surface area contributed by atoms with Gasteiger partial charge in [-0.3, -0.25) is 24.1 Å². The summed E-state index contributed by atoms with van der Waals surface area (Å²) in [7, 11) is 0. The van der Waals surface area contributed by atoms with E-state index in [0.29, 0.717) is 40.7 Å². The third-order valence-electron chi connectivity index (χ3n) is 8.42. The summed E-state index contributed by atoms with van der Waals surface area (Å²) in [5, 5.41) is 5.57. The van der Waals surface area contributed by atoms with E-state index < -0.39 is 30.2 Å². The van der Waals surface area contributed by atoms with Crippen LogP contribution in [0.5, 0.6) is 11.5 Å². The Hall–Kier alpha value is -5.29. The van der Waals surface area contributed by atoms with Crippen LogP contribution in [0.25, 0.3) is 11.3 Å². The van der Waals surface area contributed by atoms with E-state index >= 15 is 0 Å². The number of anilines is 2. The van der Waals surface area contributed by atoms with Gasteiger partial charge >= 0.3 is 0 Å². The summed E-state index contributed by atoms with van der Waals surface area (Å²) in [4.78, 5) is 62.0. The normalized spacial score (nSPS) is 17.1. The van der Waals surface area contributed by atoms with Crippen molar-refractivity contribution >= 4 is 46.2 Å². The first kappa shape index (κ1) is 29.4. The zero-order chi connectivity index (χ0) is 31.6. The molecule has 0 saturated carbocycles. The number of Topliss-reactive ketones (excluding diaryl/α,β-unsaturated/α-hetero) is 1. The van der Waals surface area contributed by atoms with Gasteiger partial charge in [0, 0.05) is 22.7 Å². The SMILES string of the molecule is O=C1C(=O)N(CC(=O)N(Cc2nc(-c3ccccc3)cs2)C(C(=O)Nc2ccc3c(c2)OCO3)C2CC=CCC2)c2ccccc21. The molecule has 3 aromatic carbocycles. The van der Waals surface area contributed by atoms with Gasteiger partial charge in [-0.1, -0.05) is 54.6 Å². The number of hydrogen-bond donors (Lipinski definition) is 1. The molecule has 1 aliphatic carbocycles. The number of para-hydroxylation sites is 1. The Morgan fingerprint density at radius 3 is 2.63 bits per heavy atom. The first-order valence-electron chi connectivity index (χ1n) is 15.1. The molecular weight excluding hydrogens is 604 g/mol. The lowest BCUT2D eigenvalue weighted by Gasteiger charge is -2.37. The Balaban J connectivity index is 1.23. The molecule has 2 atom stereocenters. The maximum absolute atomic E-state index is 14.4. The van der Waals surface area contributed by atoms with Crippen LogP contribution in [0.3, 0.4) is 0 Å². The number of nitrogens with zero attached hydrogens (tertiary/aromatic N) is 3. The van der Waals surface area contributed by atoms with Crippen molar-refractivity contribution in [3.05, 3.63) is 101 Å². The minimum absolute atomic E-state index is 0.0490. The van der Waals surface area contributed by atoms with Crippen LogP contribution in [-0.4, -0.2) is 52.8 Å². The Kier molecular flexibility index (Phi) is 8.06. The predicted molar refractivity (Wildman–Crippen MR) is 173 cm³/mol. The summed E-state index contributed by atoms with van der Waals surface area (Å²) >= 11 is 1.40. The summed E-state index contributed by atoms with van der Waals surface area (Å²) < 4.78 is 10.9. The second kappa shape index (κ2) is 12.6. The van der Waals surface area contributed by atoms with E-state index in [9.17, 15) is 19.2 Å². The number of carbonyl (C=O) groups excluding carboxylic acids is 4. The summed E-state index contributed by atoms with van der Waals surface area (Å²) in [6, 6.07) is 20.6. The molecule has 232 valence electrons. The number of amides is 3. The summed E-state index contributed by atoms with van der Waals surface area (Å²) in [6.07, 6.45) is 6.17. The number of thiazole rings is 1. The zero-order valence-corrected chi connectivity index (χ0v) is 25.6. The summed E-state index contributed by atoms with van der Waals surface area (Å²) in [5.74, 6) is -1.33. The van der Waals surface area contributed by atoms with Crippen LogP contribution in [0, 0.1) is 5.92 Å². The fourth-order valence-corrected chi connectivity index (χ4v) is 6.95. The molecule has 11 heteroatoms. The molecule has 3 amide bonds. The van der Waals surface area contributed by atoms with Crippen LogP contribution >= 0.6 is 11.3 Å². The summed E-state index contributed by atoms with van der Waals surface area (Å²) in [5.41, 5.74) is 2.86. The van der Waals surface area contributed by atoms with Crippen LogP contribution < -0.4 is 19.7 Å². The van der Waals surface area contributed by atoms with Crippen LogP contribution in [0.2, 0.25) is 0 Å². The predicted octanol–water partition coefficient (Wildman–Crippen LogP) is 5.46. The molecule has 3 heterocycles. The number of nitrogens with one attached hydrogen (secondary N) is 1. The monoisotopic (exact) mass is 634 g/mol. The van der Waals surface area contributed by atoms with E-state index in [4.69, 9.17) is 14.5 Å². The van der Waals surface area contributed by atoms with Gasteiger partial charge in [-0.2, -0.15) is 0 Å². The molecular formula is C35H30N4O6S. The number of aromatic nitrogens is 1. The molecule has 46 heavy (non-hydrogen) atoms. The molecule has 7 rings (SSSR count). The van der Waals surface area contributed by atoms with E-state index in [1.807, 2.05) is 41.8 Å². The van der Waals surface area contributed by atoms with Gasteiger partial charge in [-0.05, 0) is 49.4 Å². The average Bonchev–Trinajstić information content (AvgIpc) is 3.81. The minimum atomic E-state index is -0.893. The third-order valence-corrected chi connectivity index (χ3v) is 9.25. The number of allylic oxidation sites excluding steroid dienone is 2. The second-order valence-electron chi connectivity index (χ2n) is 11.3. The Labute approximate surface area is 269 Å². The van der Waals surface area contributed by atoms with Gasteiger partial charge in [0.15, 0.2) is 11.5 Å². The van der Waals surface area contributed by atoms with Crippen LogP contribution in [-0.2, 0) is 20.9 Å². The maximum atomic E-state index is 14.4. The number of ketones is 1. The maximum Gasteiger partial charge on any atom is 0.299 e. The van der Waals surface area contributed by atoms with Crippen molar-refractivity contribution in [2.24, 2.45) is 5.92 Å². The highest BCUT2D eigenvalue weighted by molar-refractivity contribution is 7.09. The second-order valence-corrected chi connectivity index (χ2v) is 12.2. The van der Waals surface area contributed by atoms with Gasteiger partial charge in [0.25, 0.3) is 11.7 Å². The summed E-state index contributed by atoms with van der Waals surface area (Å²) in [6.45, 7) is -0.242. The van der Waals surface area contributed by atoms with Gasteiger partial charge < -0.3 is 19.7 Å². The van der Waals surface area contributed by atoms with Crippen molar-refractivity contribution in [3.8, 4) is 22.8 Å². The first-order valence-corrected chi connectivity index (χ1v) is 15.9. The lowest BCUT2D eigenvalue weighted by molar-refractivity contribution is -0.140. The smallest absolute Gasteiger partial charge is 0.299 e. The highest BCUT2D eigenvalue weighted by atomic mass is 32.1. The third kappa shape index (κ3) is 5.77. The van der Waals surface area contributed by atoms with Gasteiger partial charge in [-0.15, -0.1) is 11.3 Å². The highest BCUT2D eigenvalue weighted by Crippen LogP contribution is 2.36. The van der Waals surface area contributed by atoms with E-state index in [0.717, 1.165) is 17.7 Å². The van der Waals surface area contributed by atoms with Crippen molar-refractivity contribution in [1.29, 1.82) is 0 Å². The molecule has 0 fully saturated rings. The van der Waals surface area contributed by atoms with Crippen LogP contribution in [0.15, 0.2) is 90.3 Å². The number of rotatable bonds is 9. The van der Waals surface area contributed by atoms with Gasteiger partial charge in [0.2, 0.25) is 18.6 Å². The molecule has 0 saturated heterocycles. The molecule has 0 spiro atoms. The first-order chi connectivity index (χ1) is 22.5. The molecule has 1 aromatic heterocycles. The van der Waals surface area contributed by atoms with Crippen molar-refractivity contribution < 1.29 is 28.7 Å². The highest BCUT2D eigenvalue weighted by Gasteiger charge is 2.41. The molecule has 4 aromatic rings. The van der Waals surface area contributed by atoms with Crippen LogP contribution in [0.1, 0.15) is 34.6 Å². The quantitative estimate of drug-likeness (QED) is 0.192.